The molecule has 0 saturated carbocycles. The molecule has 0 aromatic rings. The van der Waals surface area contributed by atoms with Gasteiger partial charge in [-0.15, -0.1) is 0 Å². The van der Waals surface area contributed by atoms with E-state index >= 15 is 0 Å². The SMILES string of the molecule is CC(=O)CN(CCOC(C)=O)CCOC(C)=O. The Morgan fingerprint density at radius 1 is 0.882 bits per heavy atom. The maximum atomic E-state index is 11.0. The van der Waals surface area contributed by atoms with Crippen LogP contribution in [0.15, 0.2) is 0 Å². The van der Waals surface area contributed by atoms with E-state index in [0.29, 0.717) is 13.1 Å². The standard InChI is InChI=1S/C11H19NO5/c1-9(13)8-12(4-6-16-10(2)14)5-7-17-11(3)15/h4-8H2,1-3H3. The lowest BCUT2D eigenvalue weighted by Gasteiger charge is -2.20. The van der Waals surface area contributed by atoms with Crippen molar-refractivity contribution in [2.75, 3.05) is 32.8 Å². The summed E-state index contributed by atoms with van der Waals surface area (Å²) in [6.45, 7) is 5.72. The molecule has 0 fully saturated rings. The Kier molecular flexibility index (Phi) is 7.96. The number of ketones is 1. The second-order valence-corrected chi connectivity index (χ2v) is 3.66. The lowest BCUT2D eigenvalue weighted by Crippen LogP contribution is -2.35. The summed E-state index contributed by atoms with van der Waals surface area (Å²) >= 11 is 0. The summed E-state index contributed by atoms with van der Waals surface area (Å²) in [6.07, 6.45) is 0. The normalized spacial score (nSPS) is 10.1. The number of ether oxygens (including phenoxy) is 2. The second kappa shape index (κ2) is 8.69. The van der Waals surface area contributed by atoms with Crippen LogP contribution in [0.2, 0.25) is 0 Å². The van der Waals surface area contributed by atoms with Gasteiger partial charge in [0.2, 0.25) is 0 Å². The molecule has 0 bridgehead atoms. The van der Waals surface area contributed by atoms with Gasteiger partial charge in [0, 0.05) is 26.9 Å². The maximum absolute atomic E-state index is 11.0. The number of esters is 2. The fraction of sp³-hybridized carbons (Fsp3) is 0.727. The van der Waals surface area contributed by atoms with Crippen LogP contribution in [0.5, 0.6) is 0 Å². The molecular formula is C11H19NO5. The van der Waals surface area contributed by atoms with Gasteiger partial charge in [0.05, 0.1) is 6.54 Å². The zero-order valence-electron chi connectivity index (χ0n) is 10.5. The average Bonchev–Trinajstić information content (AvgIpc) is 2.15. The molecule has 0 aliphatic carbocycles. The largest absolute Gasteiger partial charge is 0.465 e. The minimum Gasteiger partial charge on any atom is -0.465 e. The van der Waals surface area contributed by atoms with E-state index in [2.05, 4.69) is 0 Å². The first-order valence-electron chi connectivity index (χ1n) is 5.40. The maximum Gasteiger partial charge on any atom is 0.302 e. The Labute approximate surface area is 101 Å². The van der Waals surface area contributed by atoms with E-state index in [1.807, 2.05) is 0 Å². The van der Waals surface area contributed by atoms with Crippen molar-refractivity contribution in [2.45, 2.75) is 20.8 Å². The first-order valence-corrected chi connectivity index (χ1v) is 5.40. The van der Waals surface area contributed by atoms with Crippen molar-refractivity contribution in [1.29, 1.82) is 0 Å². The lowest BCUT2D eigenvalue weighted by atomic mass is 10.4. The van der Waals surface area contributed by atoms with Crippen molar-refractivity contribution >= 4 is 17.7 Å². The smallest absolute Gasteiger partial charge is 0.302 e. The zero-order chi connectivity index (χ0) is 13.3. The van der Waals surface area contributed by atoms with Gasteiger partial charge in [0.25, 0.3) is 0 Å². The van der Waals surface area contributed by atoms with E-state index in [1.165, 1.54) is 20.8 Å². The van der Waals surface area contributed by atoms with Crippen molar-refractivity contribution in [3.8, 4) is 0 Å². The molecule has 0 atom stereocenters. The molecule has 17 heavy (non-hydrogen) atoms. The van der Waals surface area contributed by atoms with Crippen LogP contribution in [0.25, 0.3) is 0 Å². The van der Waals surface area contributed by atoms with Gasteiger partial charge < -0.3 is 9.47 Å². The summed E-state index contributed by atoms with van der Waals surface area (Å²) in [7, 11) is 0. The van der Waals surface area contributed by atoms with E-state index in [-0.39, 0.29) is 37.5 Å². The van der Waals surface area contributed by atoms with Gasteiger partial charge >= 0.3 is 11.9 Å². The van der Waals surface area contributed by atoms with Crippen LogP contribution < -0.4 is 0 Å². The first-order chi connectivity index (χ1) is 7.91. The minimum absolute atomic E-state index is 0.00986. The molecule has 0 rings (SSSR count). The van der Waals surface area contributed by atoms with Gasteiger partial charge in [-0.25, -0.2) is 0 Å². The zero-order valence-corrected chi connectivity index (χ0v) is 10.5. The third-order valence-electron chi connectivity index (χ3n) is 1.87. The van der Waals surface area contributed by atoms with Crippen molar-refractivity contribution in [3.05, 3.63) is 0 Å². The molecule has 98 valence electrons. The predicted molar refractivity (Wildman–Crippen MR) is 60.4 cm³/mol. The highest BCUT2D eigenvalue weighted by Crippen LogP contribution is 1.91. The van der Waals surface area contributed by atoms with Crippen LogP contribution in [0.1, 0.15) is 20.8 Å². The fourth-order valence-corrected chi connectivity index (χ4v) is 1.22. The fourth-order valence-electron chi connectivity index (χ4n) is 1.22. The van der Waals surface area contributed by atoms with E-state index in [1.54, 1.807) is 4.90 Å². The van der Waals surface area contributed by atoms with Crippen LogP contribution in [-0.4, -0.2) is 55.5 Å². The quantitative estimate of drug-likeness (QED) is 0.561. The number of Topliss-reactive ketones (excluding diaryl/α,β-unsaturated/α-hetero) is 1. The highest BCUT2D eigenvalue weighted by Gasteiger charge is 2.08. The summed E-state index contributed by atoms with van der Waals surface area (Å²) in [5, 5.41) is 0. The Morgan fingerprint density at radius 2 is 1.29 bits per heavy atom. The number of carbonyl (C=O) groups excluding carboxylic acids is 3. The summed E-state index contributed by atoms with van der Waals surface area (Å²) in [4.78, 5) is 33.9. The molecule has 0 aliphatic rings. The average molecular weight is 245 g/mol. The monoisotopic (exact) mass is 245 g/mol. The minimum atomic E-state index is -0.354. The molecule has 0 spiro atoms. The number of hydrogen-bond acceptors (Lipinski definition) is 6. The molecular weight excluding hydrogens is 226 g/mol. The van der Waals surface area contributed by atoms with Gasteiger partial charge in [-0.2, -0.15) is 0 Å². The van der Waals surface area contributed by atoms with Gasteiger partial charge in [0.15, 0.2) is 0 Å². The number of hydrogen-bond donors (Lipinski definition) is 0. The molecule has 0 heterocycles. The Balaban J connectivity index is 3.91. The molecule has 0 saturated heterocycles. The van der Waals surface area contributed by atoms with Gasteiger partial charge in [-0.1, -0.05) is 0 Å². The highest BCUT2D eigenvalue weighted by atomic mass is 16.5. The van der Waals surface area contributed by atoms with Crippen LogP contribution in [0.4, 0.5) is 0 Å². The Hall–Kier alpha value is -1.43. The van der Waals surface area contributed by atoms with Crippen molar-refractivity contribution in [1.82, 2.24) is 4.90 Å². The van der Waals surface area contributed by atoms with E-state index in [0.717, 1.165) is 0 Å². The third-order valence-corrected chi connectivity index (χ3v) is 1.87. The summed E-state index contributed by atoms with van der Waals surface area (Å²) < 4.78 is 9.56. The van der Waals surface area contributed by atoms with Crippen molar-refractivity contribution in [2.24, 2.45) is 0 Å². The molecule has 0 radical (unpaired) electrons. The highest BCUT2D eigenvalue weighted by molar-refractivity contribution is 5.77. The van der Waals surface area contributed by atoms with Gasteiger partial charge in [0.1, 0.15) is 19.0 Å². The Bertz CT molecular complexity index is 257. The van der Waals surface area contributed by atoms with E-state index < -0.39 is 0 Å². The topological polar surface area (TPSA) is 72.9 Å². The molecule has 0 N–H and O–H groups in total. The molecule has 6 heteroatoms. The lowest BCUT2D eigenvalue weighted by molar-refractivity contribution is -0.141. The number of nitrogens with zero attached hydrogens (tertiary/aromatic N) is 1. The van der Waals surface area contributed by atoms with Crippen LogP contribution in [-0.2, 0) is 23.9 Å². The summed E-state index contributed by atoms with van der Waals surface area (Å²) in [6, 6.07) is 0. The Morgan fingerprint density at radius 3 is 1.59 bits per heavy atom. The van der Waals surface area contributed by atoms with Crippen LogP contribution >= 0.6 is 0 Å². The number of rotatable bonds is 8. The number of carbonyl (C=O) groups is 3. The second-order valence-electron chi connectivity index (χ2n) is 3.66. The summed E-state index contributed by atoms with van der Waals surface area (Å²) in [5.41, 5.74) is 0. The van der Waals surface area contributed by atoms with Crippen LogP contribution in [0.3, 0.4) is 0 Å². The molecule has 0 aliphatic heterocycles. The molecule has 6 nitrogen and oxygen atoms in total. The van der Waals surface area contributed by atoms with E-state index in [9.17, 15) is 14.4 Å². The third kappa shape index (κ3) is 10.8. The molecule has 0 unspecified atom stereocenters. The predicted octanol–water partition coefficient (Wildman–Crippen LogP) is 0.00360. The van der Waals surface area contributed by atoms with E-state index in [4.69, 9.17) is 9.47 Å². The molecule has 0 aromatic carbocycles. The first kappa shape index (κ1) is 15.6. The van der Waals surface area contributed by atoms with Crippen molar-refractivity contribution < 1.29 is 23.9 Å². The van der Waals surface area contributed by atoms with Gasteiger partial charge in [-0.05, 0) is 6.92 Å². The molecule has 0 amide bonds. The van der Waals surface area contributed by atoms with Crippen molar-refractivity contribution in [3.63, 3.8) is 0 Å². The molecule has 0 aromatic heterocycles. The summed E-state index contributed by atoms with van der Waals surface area (Å²) in [5.74, 6) is -0.698. The van der Waals surface area contributed by atoms with Crippen LogP contribution in [0, 0.1) is 0 Å². The van der Waals surface area contributed by atoms with Gasteiger partial charge in [-0.3, -0.25) is 19.3 Å².